The Labute approximate surface area is 121 Å². The quantitative estimate of drug-likeness (QED) is 0.766. The summed E-state index contributed by atoms with van der Waals surface area (Å²) in [6.07, 6.45) is 1.34. The molecule has 2 N–H and O–H groups in total. The number of hydrogen-bond donors (Lipinski definition) is 2. The largest absolute Gasteiger partial charge is 0.476 e. The molecule has 1 rings (SSSR count). The summed E-state index contributed by atoms with van der Waals surface area (Å²) in [5, 5.41) is 21.6. The molecule has 0 amide bonds. The fraction of sp³-hybridized carbons (Fsp3) is 0.562. The molecule has 0 spiro atoms. The van der Waals surface area contributed by atoms with Crippen LogP contribution in [-0.4, -0.2) is 23.4 Å². The van der Waals surface area contributed by atoms with Gasteiger partial charge in [0.15, 0.2) is 6.10 Å². The van der Waals surface area contributed by atoms with Crippen LogP contribution in [0, 0.1) is 11.3 Å². The molecule has 0 aliphatic carbocycles. The molecular formula is C16H24N2O2. The van der Waals surface area contributed by atoms with Crippen molar-refractivity contribution in [2.45, 2.75) is 51.8 Å². The zero-order valence-corrected chi connectivity index (χ0v) is 12.5. The van der Waals surface area contributed by atoms with Gasteiger partial charge in [-0.25, -0.2) is 0 Å². The minimum absolute atomic E-state index is 0.140. The van der Waals surface area contributed by atoms with Crippen LogP contribution in [-0.2, 0) is 6.54 Å². The van der Waals surface area contributed by atoms with Gasteiger partial charge in [0.25, 0.3) is 0 Å². The summed E-state index contributed by atoms with van der Waals surface area (Å²) in [5.74, 6) is 0.696. The summed E-state index contributed by atoms with van der Waals surface area (Å²) in [7, 11) is 0. The zero-order chi connectivity index (χ0) is 15.0. The summed E-state index contributed by atoms with van der Waals surface area (Å²) < 4.78 is 5.41. The van der Waals surface area contributed by atoms with E-state index in [0.717, 1.165) is 18.4 Å². The van der Waals surface area contributed by atoms with Crippen molar-refractivity contribution in [1.82, 2.24) is 5.32 Å². The number of nitrogens with one attached hydrogen (secondary N) is 1. The van der Waals surface area contributed by atoms with Crippen molar-refractivity contribution in [3.8, 4) is 11.8 Å². The molecule has 0 aliphatic rings. The molecule has 1 unspecified atom stereocenters. The molecule has 0 aliphatic heterocycles. The first-order valence-electron chi connectivity index (χ1n) is 7.10. The molecular weight excluding hydrogens is 252 g/mol. The first-order valence-corrected chi connectivity index (χ1v) is 7.10. The van der Waals surface area contributed by atoms with Crippen LogP contribution in [0.5, 0.6) is 5.75 Å². The summed E-state index contributed by atoms with van der Waals surface area (Å²) in [6, 6.07) is 9.71. The van der Waals surface area contributed by atoms with Crippen LogP contribution < -0.4 is 10.1 Å². The number of hydrogen-bond acceptors (Lipinski definition) is 4. The van der Waals surface area contributed by atoms with Gasteiger partial charge in [0, 0.05) is 12.1 Å². The third-order valence-corrected chi connectivity index (χ3v) is 3.74. The molecule has 1 atom stereocenters. The van der Waals surface area contributed by atoms with E-state index in [-0.39, 0.29) is 12.1 Å². The Balaban J connectivity index is 2.60. The first-order chi connectivity index (χ1) is 9.59. The van der Waals surface area contributed by atoms with E-state index in [2.05, 4.69) is 19.2 Å². The van der Waals surface area contributed by atoms with Gasteiger partial charge in [0.2, 0.25) is 0 Å². The molecule has 0 heterocycles. The lowest BCUT2D eigenvalue weighted by Crippen LogP contribution is -2.47. The molecule has 1 aromatic carbocycles. The number of nitrogens with zero attached hydrogens (tertiary/aromatic N) is 1. The highest BCUT2D eigenvalue weighted by atomic mass is 16.5. The van der Waals surface area contributed by atoms with E-state index in [0.29, 0.717) is 12.3 Å². The second-order valence-electron chi connectivity index (χ2n) is 5.03. The number of aliphatic hydroxyl groups is 1. The van der Waals surface area contributed by atoms with Crippen molar-refractivity contribution < 1.29 is 9.84 Å². The van der Waals surface area contributed by atoms with Crippen molar-refractivity contribution in [2.75, 3.05) is 6.61 Å². The first kappa shape index (κ1) is 16.5. The molecule has 4 nitrogen and oxygen atoms in total. The second kappa shape index (κ2) is 7.88. The van der Waals surface area contributed by atoms with Gasteiger partial charge in [-0.05, 0) is 37.5 Å². The van der Waals surface area contributed by atoms with Gasteiger partial charge in [0.1, 0.15) is 11.8 Å². The van der Waals surface area contributed by atoms with E-state index in [9.17, 15) is 5.11 Å². The Morgan fingerprint density at radius 1 is 1.30 bits per heavy atom. The smallest absolute Gasteiger partial charge is 0.181 e. The lowest BCUT2D eigenvalue weighted by atomic mass is 9.93. The lowest BCUT2D eigenvalue weighted by molar-refractivity contribution is 0.149. The molecule has 20 heavy (non-hydrogen) atoms. The minimum Gasteiger partial charge on any atom is -0.476 e. The summed E-state index contributed by atoms with van der Waals surface area (Å²) >= 11 is 0. The van der Waals surface area contributed by atoms with E-state index in [1.54, 1.807) is 6.92 Å². The molecule has 4 heteroatoms. The summed E-state index contributed by atoms with van der Waals surface area (Å²) in [5.41, 5.74) is 0.923. The number of nitriles is 1. The Bertz CT molecular complexity index is 425. The van der Waals surface area contributed by atoms with Crippen molar-refractivity contribution in [3.05, 3.63) is 29.8 Å². The molecule has 0 aromatic heterocycles. The number of benzene rings is 1. The van der Waals surface area contributed by atoms with E-state index in [4.69, 9.17) is 10.00 Å². The number of rotatable bonds is 8. The second-order valence-corrected chi connectivity index (χ2v) is 5.03. The van der Waals surface area contributed by atoms with Gasteiger partial charge in [-0.2, -0.15) is 5.26 Å². The van der Waals surface area contributed by atoms with Crippen LogP contribution in [0.4, 0.5) is 0 Å². The van der Waals surface area contributed by atoms with Crippen LogP contribution in [0.2, 0.25) is 0 Å². The Hall–Kier alpha value is -1.57. The molecule has 0 radical (unpaired) electrons. The van der Waals surface area contributed by atoms with Gasteiger partial charge in [-0.15, -0.1) is 0 Å². The highest BCUT2D eigenvalue weighted by molar-refractivity contribution is 5.27. The van der Waals surface area contributed by atoms with Gasteiger partial charge in [0.05, 0.1) is 6.61 Å². The van der Waals surface area contributed by atoms with E-state index >= 15 is 0 Å². The minimum atomic E-state index is -0.443. The van der Waals surface area contributed by atoms with Gasteiger partial charge in [-0.1, -0.05) is 26.0 Å². The molecule has 110 valence electrons. The van der Waals surface area contributed by atoms with Crippen LogP contribution >= 0.6 is 0 Å². The molecule has 1 aromatic rings. The number of ether oxygens (including phenoxy) is 1. The average molecular weight is 276 g/mol. The monoisotopic (exact) mass is 276 g/mol. The van der Waals surface area contributed by atoms with Crippen molar-refractivity contribution in [2.24, 2.45) is 0 Å². The van der Waals surface area contributed by atoms with Crippen molar-refractivity contribution in [1.29, 1.82) is 5.26 Å². The van der Waals surface area contributed by atoms with Crippen molar-refractivity contribution in [3.63, 3.8) is 0 Å². The highest BCUT2D eigenvalue weighted by Gasteiger charge is 2.23. The average Bonchev–Trinajstić information content (AvgIpc) is 2.50. The van der Waals surface area contributed by atoms with Crippen LogP contribution in [0.15, 0.2) is 24.3 Å². The fourth-order valence-electron chi connectivity index (χ4n) is 1.99. The van der Waals surface area contributed by atoms with Gasteiger partial charge >= 0.3 is 0 Å². The molecule has 0 fully saturated rings. The Kier molecular flexibility index (Phi) is 6.50. The topological polar surface area (TPSA) is 65.3 Å². The van der Waals surface area contributed by atoms with Crippen LogP contribution in [0.1, 0.15) is 39.2 Å². The van der Waals surface area contributed by atoms with E-state index in [1.165, 1.54) is 0 Å². The predicted molar refractivity (Wildman–Crippen MR) is 79.4 cm³/mol. The maximum atomic E-state index is 9.51. The standard InChI is InChI=1S/C16H24N2O2/c1-4-16(5-2,12-19)18-11-14-6-8-15(9-7-14)20-13(3)10-17/h6-9,13,18-19H,4-5,11-12H2,1-3H3. The third-order valence-electron chi connectivity index (χ3n) is 3.74. The van der Waals surface area contributed by atoms with Gasteiger partial charge in [-0.3, -0.25) is 0 Å². The lowest BCUT2D eigenvalue weighted by Gasteiger charge is -2.31. The summed E-state index contributed by atoms with van der Waals surface area (Å²) in [4.78, 5) is 0. The fourth-order valence-corrected chi connectivity index (χ4v) is 1.99. The number of aliphatic hydroxyl groups excluding tert-OH is 1. The van der Waals surface area contributed by atoms with E-state index < -0.39 is 6.10 Å². The predicted octanol–water partition coefficient (Wildman–Crippen LogP) is 2.62. The Morgan fingerprint density at radius 3 is 2.35 bits per heavy atom. The summed E-state index contributed by atoms with van der Waals surface area (Å²) in [6.45, 7) is 6.71. The van der Waals surface area contributed by atoms with Crippen LogP contribution in [0.3, 0.4) is 0 Å². The Morgan fingerprint density at radius 2 is 1.90 bits per heavy atom. The zero-order valence-electron chi connectivity index (χ0n) is 12.5. The van der Waals surface area contributed by atoms with Crippen molar-refractivity contribution >= 4 is 0 Å². The third kappa shape index (κ3) is 4.52. The maximum Gasteiger partial charge on any atom is 0.181 e. The van der Waals surface area contributed by atoms with E-state index in [1.807, 2.05) is 30.3 Å². The van der Waals surface area contributed by atoms with Crippen LogP contribution in [0.25, 0.3) is 0 Å². The maximum absolute atomic E-state index is 9.51. The molecule has 0 saturated carbocycles. The van der Waals surface area contributed by atoms with Gasteiger partial charge < -0.3 is 15.2 Å². The normalized spacial score (nSPS) is 12.8. The highest BCUT2D eigenvalue weighted by Crippen LogP contribution is 2.17. The molecule has 0 bridgehead atoms. The SMILES string of the molecule is CCC(CC)(CO)NCc1ccc(OC(C)C#N)cc1. The molecule has 0 saturated heterocycles.